The third-order valence-corrected chi connectivity index (χ3v) is 5.90. The van der Waals surface area contributed by atoms with Crippen LogP contribution in [0.5, 0.6) is 0 Å². The molecule has 1 N–H and O–H groups in total. The minimum Gasteiger partial charge on any atom is -0.443 e. The molecule has 0 radical (unpaired) electrons. The van der Waals surface area contributed by atoms with Gasteiger partial charge in [-0.15, -0.1) is 0 Å². The minimum absolute atomic E-state index is 0.0559. The summed E-state index contributed by atoms with van der Waals surface area (Å²) in [5.74, 6) is 0. The summed E-state index contributed by atoms with van der Waals surface area (Å²) in [5, 5.41) is 2.84. The molecular weight excluding hydrogens is 370 g/mol. The Morgan fingerprint density at radius 2 is 1.93 bits per heavy atom. The number of aldehydes is 1. The van der Waals surface area contributed by atoms with Crippen molar-refractivity contribution < 1.29 is 19.1 Å². The van der Waals surface area contributed by atoms with Gasteiger partial charge in [0.15, 0.2) is 0 Å². The Balaban J connectivity index is 1.54. The first-order valence-electron chi connectivity index (χ1n) is 10.4. The summed E-state index contributed by atoms with van der Waals surface area (Å²) >= 11 is 0. The fourth-order valence-electron chi connectivity index (χ4n) is 3.99. The van der Waals surface area contributed by atoms with E-state index in [0.29, 0.717) is 12.0 Å². The molecule has 0 aromatic heterocycles. The second-order valence-corrected chi connectivity index (χ2v) is 8.64. The third-order valence-electron chi connectivity index (χ3n) is 5.90. The highest BCUT2D eigenvalue weighted by Crippen LogP contribution is 2.34. The first-order valence-corrected chi connectivity index (χ1v) is 10.4. The van der Waals surface area contributed by atoms with Gasteiger partial charge in [0.1, 0.15) is 18.4 Å². The van der Waals surface area contributed by atoms with Gasteiger partial charge < -0.3 is 19.7 Å². The number of ether oxygens (including phenoxy) is 1. The number of carbonyl (C=O) groups excluding carboxylic acids is 3. The Morgan fingerprint density at radius 3 is 2.59 bits per heavy atom. The van der Waals surface area contributed by atoms with Crippen molar-refractivity contribution in [1.29, 1.82) is 0 Å². The van der Waals surface area contributed by atoms with E-state index in [0.717, 1.165) is 42.8 Å². The molecule has 2 fully saturated rings. The number of carbonyl (C=O) groups is 3. The molecule has 2 aliphatic heterocycles. The third kappa shape index (κ3) is 5.35. The maximum absolute atomic E-state index is 12.7. The summed E-state index contributed by atoms with van der Waals surface area (Å²) < 4.78 is 5.31. The lowest BCUT2D eigenvalue weighted by atomic mass is 9.83. The van der Waals surface area contributed by atoms with Crippen LogP contribution in [0.15, 0.2) is 30.3 Å². The van der Waals surface area contributed by atoms with Gasteiger partial charge in [-0.2, -0.15) is 0 Å². The standard InChI is InChI=1S/C22H31N3O4/c1-22(2)10-14-24(15-11-22)13-6-12-23-20(27)25-19(17-7-4-3-5-8-17)18(9-16-26)29-21(25)28/h3-5,7-8,16,18-19H,6,9-15H2,1-2H3,(H,23,27)/t18-,19?/m0/s1. The summed E-state index contributed by atoms with van der Waals surface area (Å²) in [7, 11) is 0. The van der Waals surface area contributed by atoms with Crippen LogP contribution in [0.3, 0.4) is 0 Å². The molecule has 0 saturated carbocycles. The van der Waals surface area contributed by atoms with Crippen LogP contribution in [0.4, 0.5) is 9.59 Å². The van der Waals surface area contributed by atoms with Crippen LogP contribution in [0.2, 0.25) is 0 Å². The lowest BCUT2D eigenvalue weighted by molar-refractivity contribution is -0.109. The van der Waals surface area contributed by atoms with Gasteiger partial charge in [0.2, 0.25) is 0 Å². The number of urea groups is 1. The average molecular weight is 402 g/mol. The number of hydrogen-bond donors (Lipinski definition) is 1. The quantitative estimate of drug-likeness (QED) is 0.560. The molecule has 2 saturated heterocycles. The summed E-state index contributed by atoms with van der Waals surface area (Å²) in [6.45, 7) is 8.20. The average Bonchev–Trinajstić information content (AvgIpc) is 3.03. The van der Waals surface area contributed by atoms with E-state index >= 15 is 0 Å². The predicted octanol–water partition coefficient (Wildman–Crippen LogP) is 3.36. The number of piperidine rings is 1. The Labute approximate surface area is 172 Å². The van der Waals surface area contributed by atoms with E-state index in [1.165, 1.54) is 12.8 Å². The molecule has 29 heavy (non-hydrogen) atoms. The summed E-state index contributed by atoms with van der Waals surface area (Å²) in [4.78, 5) is 39.6. The molecule has 0 spiro atoms. The minimum atomic E-state index is -0.707. The van der Waals surface area contributed by atoms with Gasteiger partial charge in [0.05, 0.1) is 0 Å². The van der Waals surface area contributed by atoms with E-state index in [4.69, 9.17) is 4.74 Å². The highest BCUT2D eigenvalue weighted by Gasteiger charge is 2.46. The second kappa shape index (κ2) is 9.39. The van der Waals surface area contributed by atoms with Gasteiger partial charge >= 0.3 is 12.1 Å². The zero-order valence-electron chi connectivity index (χ0n) is 17.3. The fourth-order valence-corrected chi connectivity index (χ4v) is 3.99. The number of nitrogens with zero attached hydrogens (tertiary/aromatic N) is 2. The molecule has 7 nitrogen and oxygen atoms in total. The smallest absolute Gasteiger partial charge is 0.419 e. The molecule has 2 heterocycles. The van der Waals surface area contributed by atoms with Crippen LogP contribution in [0.1, 0.15) is 51.1 Å². The monoisotopic (exact) mass is 401 g/mol. The molecule has 158 valence electrons. The molecule has 1 unspecified atom stereocenters. The maximum atomic E-state index is 12.7. The van der Waals surface area contributed by atoms with Gasteiger partial charge in [-0.3, -0.25) is 0 Å². The number of hydrogen-bond acceptors (Lipinski definition) is 5. The molecule has 1 aromatic rings. The van der Waals surface area contributed by atoms with Crippen molar-refractivity contribution in [3.63, 3.8) is 0 Å². The van der Waals surface area contributed by atoms with Crippen molar-refractivity contribution in [2.24, 2.45) is 5.41 Å². The molecule has 7 heteroatoms. The molecule has 1 aromatic carbocycles. The van der Waals surface area contributed by atoms with Crippen LogP contribution in [-0.4, -0.2) is 60.5 Å². The maximum Gasteiger partial charge on any atom is 0.419 e. The van der Waals surface area contributed by atoms with Gasteiger partial charge in [-0.05, 0) is 49.9 Å². The zero-order valence-corrected chi connectivity index (χ0v) is 17.3. The first kappa shape index (κ1) is 21.3. The van der Waals surface area contributed by atoms with E-state index in [-0.39, 0.29) is 6.42 Å². The Bertz CT molecular complexity index is 712. The predicted molar refractivity (Wildman–Crippen MR) is 109 cm³/mol. The van der Waals surface area contributed by atoms with Crippen LogP contribution >= 0.6 is 0 Å². The molecule has 2 atom stereocenters. The van der Waals surface area contributed by atoms with E-state index in [9.17, 15) is 14.4 Å². The molecule has 2 aliphatic rings. The summed E-state index contributed by atoms with van der Waals surface area (Å²) in [6, 6.07) is 8.14. The van der Waals surface area contributed by atoms with Gasteiger partial charge in [0.25, 0.3) is 0 Å². The highest BCUT2D eigenvalue weighted by atomic mass is 16.6. The number of benzene rings is 1. The molecule has 3 rings (SSSR count). The number of rotatable bonds is 7. The zero-order chi connectivity index (χ0) is 20.9. The summed E-state index contributed by atoms with van der Waals surface area (Å²) in [6.07, 6.45) is 2.61. The SMILES string of the molecule is CC1(C)CCN(CCCNC(=O)N2C(=O)O[C@@H](CC=O)C2c2ccccc2)CC1. The number of amides is 3. The Kier molecular flexibility index (Phi) is 6.90. The van der Waals surface area contributed by atoms with Gasteiger partial charge in [-0.1, -0.05) is 44.2 Å². The van der Waals surface area contributed by atoms with Crippen molar-refractivity contribution in [2.75, 3.05) is 26.2 Å². The largest absolute Gasteiger partial charge is 0.443 e. The van der Waals surface area contributed by atoms with Crippen molar-refractivity contribution in [3.05, 3.63) is 35.9 Å². The number of imide groups is 1. The molecule has 3 amide bonds. The normalized spacial score (nSPS) is 24.2. The lowest BCUT2D eigenvalue weighted by Crippen LogP contribution is -2.44. The van der Waals surface area contributed by atoms with E-state index in [1.54, 1.807) is 0 Å². The van der Waals surface area contributed by atoms with Gasteiger partial charge in [0, 0.05) is 13.0 Å². The number of likely N-dealkylation sites (tertiary alicyclic amines) is 1. The van der Waals surface area contributed by atoms with Crippen LogP contribution < -0.4 is 5.32 Å². The highest BCUT2D eigenvalue weighted by molar-refractivity contribution is 5.93. The van der Waals surface area contributed by atoms with Crippen molar-refractivity contribution >= 4 is 18.4 Å². The summed E-state index contributed by atoms with van der Waals surface area (Å²) in [5.41, 5.74) is 1.20. The Morgan fingerprint density at radius 1 is 1.24 bits per heavy atom. The van der Waals surface area contributed by atoms with Crippen molar-refractivity contribution in [1.82, 2.24) is 15.1 Å². The van der Waals surface area contributed by atoms with Crippen LogP contribution in [0, 0.1) is 5.41 Å². The van der Waals surface area contributed by atoms with Gasteiger partial charge in [-0.25, -0.2) is 14.5 Å². The van der Waals surface area contributed by atoms with Crippen LogP contribution in [-0.2, 0) is 9.53 Å². The van der Waals surface area contributed by atoms with E-state index in [2.05, 4.69) is 24.1 Å². The number of cyclic esters (lactones) is 1. The molecule has 0 aliphatic carbocycles. The number of nitrogens with one attached hydrogen (secondary N) is 1. The molecular formula is C22H31N3O4. The van der Waals surface area contributed by atoms with Crippen LogP contribution in [0.25, 0.3) is 0 Å². The Hall–Kier alpha value is -2.41. The van der Waals surface area contributed by atoms with Crippen molar-refractivity contribution in [2.45, 2.75) is 51.7 Å². The topological polar surface area (TPSA) is 79.0 Å². The molecule has 0 bridgehead atoms. The fraction of sp³-hybridized carbons (Fsp3) is 0.591. The van der Waals surface area contributed by atoms with E-state index < -0.39 is 24.3 Å². The lowest BCUT2D eigenvalue weighted by Gasteiger charge is -2.36. The van der Waals surface area contributed by atoms with E-state index in [1.807, 2.05) is 30.3 Å². The second-order valence-electron chi connectivity index (χ2n) is 8.64. The van der Waals surface area contributed by atoms with Crippen molar-refractivity contribution in [3.8, 4) is 0 Å². The first-order chi connectivity index (χ1) is 13.9.